The molecule has 1 heterocycles. The molecule has 1 fully saturated rings. The first kappa shape index (κ1) is 20.0. The van der Waals surface area contributed by atoms with Gasteiger partial charge in [-0.1, -0.05) is 67.3 Å². The predicted octanol–water partition coefficient (Wildman–Crippen LogP) is 6.36. The van der Waals surface area contributed by atoms with Crippen LogP contribution in [0.4, 0.5) is 0 Å². The third-order valence-corrected chi connectivity index (χ3v) is 6.01. The lowest BCUT2D eigenvalue weighted by atomic mass is 9.87. The summed E-state index contributed by atoms with van der Waals surface area (Å²) in [5, 5.41) is 1.40. The number of hydrogen-bond acceptors (Lipinski definition) is 1. The Bertz CT molecular complexity index is 877. The van der Waals surface area contributed by atoms with Gasteiger partial charge in [-0.2, -0.15) is 0 Å². The Balaban J connectivity index is 0.00000210. The van der Waals surface area contributed by atoms with Gasteiger partial charge in [-0.15, -0.1) is 12.4 Å². The van der Waals surface area contributed by atoms with Crippen molar-refractivity contribution in [3.63, 3.8) is 0 Å². The standard InChI is InChI=1S/C24H30N2.ClH/c1-18-8-7-9-19(16-18)21(14-15-25)23-17-26(20-10-3-2-4-11-20)24-13-6-5-12-22(23)24;/h5-9,12-13,16-17,20-21H,2-4,10-11,14-15,25H2,1H3;1H. The highest BCUT2D eigenvalue weighted by Gasteiger charge is 2.23. The van der Waals surface area contributed by atoms with Crippen LogP contribution >= 0.6 is 12.4 Å². The number of nitrogens with zero attached hydrogens (tertiary/aromatic N) is 1. The molecule has 1 saturated carbocycles. The van der Waals surface area contributed by atoms with Crippen molar-refractivity contribution >= 4 is 23.3 Å². The molecule has 1 aromatic heterocycles. The van der Waals surface area contributed by atoms with Crippen molar-refractivity contribution in [2.24, 2.45) is 5.73 Å². The minimum atomic E-state index is 0. The maximum absolute atomic E-state index is 6.03. The van der Waals surface area contributed by atoms with Gasteiger partial charge in [-0.3, -0.25) is 0 Å². The lowest BCUT2D eigenvalue weighted by molar-refractivity contribution is 0.360. The molecule has 1 aliphatic rings. The van der Waals surface area contributed by atoms with Crippen LogP contribution in [0.25, 0.3) is 10.9 Å². The van der Waals surface area contributed by atoms with Gasteiger partial charge in [0.1, 0.15) is 0 Å². The molecule has 4 rings (SSSR count). The quantitative estimate of drug-likeness (QED) is 0.547. The molecule has 3 aromatic rings. The summed E-state index contributed by atoms with van der Waals surface area (Å²) in [6.45, 7) is 2.88. The number of rotatable bonds is 5. The fraction of sp³-hybridized carbons (Fsp3) is 0.417. The Morgan fingerprint density at radius 1 is 1.04 bits per heavy atom. The van der Waals surface area contributed by atoms with Gasteiger partial charge < -0.3 is 10.3 Å². The molecular weight excluding hydrogens is 352 g/mol. The minimum Gasteiger partial charge on any atom is -0.344 e. The molecule has 2 nitrogen and oxygen atoms in total. The molecule has 1 atom stereocenters. The Labute approximate surface area is 169 Å². The van der Waals surface area contributed by atoms with E-state index < -0.39 is 0 Å². The summed E-state index contributed by atoms with van der Waals surface area (Å²) < 4.78 is 2.57. The molecule has 0 aliphatic heterocycles. The lowest BCUT2D eigenvalue weighted by Gasteiger charge is -2.24. The van der Waals surface area contributed by atoms with Crippen molar-refractivity contribution in [2.45, 2.75) is 57.4 Å². The molecular formula is C24H31ClN2. The van der Waals surface area contributed by atoms with E-state index in [0.29, 0.717) is 18.5 Å². The zero-order valence-electron chi connectivity index (χ0n) is 16.2. The van der Waals surface area contributed by atoms with Crippen LogP contribution in [0.2, 0.25) is 0 Å². The van der Waals surface area contributed by atoms with Crippen molar-refractivity contribution in [1.29, 1.82) is 0 Å². The van der Waals surface area contributed by atoms with E-state index >= 15 is 0 Å². The molecule has 1 unspecified atom stereocenters. The summed E-state index contributed by atoms with van der Waals surface area (Å²) >= 11 is 0. The average molecular weight is 383 g/mol. The van der Waals surface area contributed by atoms with E-state index in [0.717, 1.165) is 6.42 Å². The number of hydrogen-bond donors (Lipinski definition) is 1. The first-order valence-electron chi connectivity index (χ1n) is 10.1. The largest absolute Gasteiger partial charge is 0.344 e. The van der Waals surface area contributed by atoms with E-state index in [9.17, 15) is 0 Å². The Morgan fingerprint density at radius 2 is 1.81 bits per heavy atom. The average Bonchev–Trinajstić information content (AvgIpc) is 3.06. The van der Waals surface area contributed by atoms with Crippen LogP contribution in [0.3, 0.4) is 0 Å². The Hall–Kier alpha value is -1.77. The molecule has 0 spiro atoms. The van der Waals surface area contributed by atoms with Crippen molar-refractivity contribution < 1.29 is 0 Å². The summed E-state index contributed by atoms with van der Waals surface area (Å²) in [6, 6.07) is 18.5. The highest BCUT2D eigenvalue weighted by Crippen LogP contribution is 2.38. The van der Waals surface area contributed by atoms with Crippen LogP contribution in [0, 0.1) is 6.92 Å². The number of halogens is 1. The second-order valence-electron chi connectivity index (χ2n) is 7.84. The molecule has 0 radical (unpaired) electrons. The summed E-state index contributed by atoms with van der Waals surface area (Å²) in [4.78, 5) is 0. The topological polar surface area (TPSA) is 30.9 Å². The van der Waals surface area contributed by atoms with E-state index in [4.69, 9.17) is 5.73 Å². The second-order valence-corrected chi connectivity index (χ2v) is 7.84. The second kappa shape index (κ2) is 8.95. The molecule has 1 aliphatic carbocycles. The molecule has 0 bridgehead atoms. The number of nitrogens with two attached hydrogens (primary N) is 1. The monoisotopic (exact) mass is 382 g/mol. The maximum Gasteiger partial charge on any atom is 0.0485 e. The molecule has 144 valence electrons. The highest BCUT2D eigenvalue weighted by molar-refractivity contribution is 5.85. The smallest absolute Gasteiger partial charge is 0.0485 e. The fourth-order valence-electron chi connectivity index (χ4n) is 4.73. The van der Waals surface area contributed by atoms with Gasteiger partial charge in [-0.05, 0) is 49.9 Å². The summed E-state index contributed by atoms with van der Waals surface area (Å²) in [5.41, 5.74) is 11.6. The molecule has 3 heteroatoms. The van der Waals surface area contributed by atoms with Gasteiger partial charge in [0.2, 0.25) is 0 Å². The van der Waals surface area contributed by atoms with E-state index in [1.165, 1.54) is 59.7 Å². The first-order valence-corrected chi connectivity index (χ1v) is 10.1. The molecule has 2 aromatic carbocycles. The van der Waals surface area contributed by atoms with Crippen molar-refractivity contribution in [2.75, 3.05) is 6.54 Å². The van der Waals surface area contributed by atoms with Crippen LogP contribution < -0.4 is 5.73 Å². The van der Waals surface area contributed by atoms with Gasteiger partial charge in [-0.25, -0.2) is 0 Å². The fourth-order valence-corrected chi connectivity index (χ4v) is 4.73. The van der Waals surface area contributed by atoms with E-state index in [2.05, 4.69) is 66.2 Å². The van der Waals surface area contributed by atoms with Gasteiger partial charge in [0.15, 0.2) is 0 Å². The summed E-state index contributed by atoms with van der Waals surface area (Å²) in [5.74, 6) is 0.370. The van der Waals surface area contributed by atoms with Gasteiger partial charge >= 0.3 is 0 Å². The lowest BCUT2D eigenvalue weighted by Crippen LogP contribution is -2.12. The van der Waals surface area contributed by atoms with Gasteiger partial charge in [0.05, 0.1) is 0 Å². The van der Waals surface area contributed by atoms with E-state index in [1.54, 1.807) is 0 Å². The third-order valence-electron chi connectivity index (χ3n) is 6.01. The number of fused-ring (bicyclic) bond motifs is 1. The van der Waals surface area contributed by atoms with E-state index in [1.807, 2.05) is 0 Å². The summed E-state index contributed by atoms with van der Waals surface area (Å²) in [6.07, 6.45) is 10.2. The normalized spacial score (nSPS) is 16.2. The Kier molecular flexibility index (Phi) is 6.62. The molecule has 0 saturated heterocycles. The van der Waals surface area contributed by atoms with Crippen LogP contribution in [-0.4, -0.2) is 11.1 Å². The van der Waals surface area contributed by atoms with Crippen LogP contribution in [-0.2, 0) is 0 Å². The first-order chi connectivity index (χ1) is 12.8. The molecule has 0 amide bonds. The van der Waals surface area contributed by atoms with Gasteiger partial charge in [0.25, 0.3) is 0 Å². The van der Waals surface area contributed by atoms with E-state index in [-0.39, 0.29) is 12.4 Å². The van der Waals surface area contributed by atoms with Crippen LogP contribution in [0.15, 0.2) is 54.7 Å². The van der Waals surface area contributed by atoms with Crippen molar-refractivity contribution in [3.8, 4) is 0 Å². The maximum atomic E-state index is 6.03. The zero-order chi connectivity index (χ0) is 17.9. The van der Waals surface area contributed by atoms with Crippen molar-refractivity contribution in [3.05, 3.63) is 71.4 Å². The molecule has 2 N–H and O–H groups in total. The number of aromatic nitrogens is 1. The number of aryl methyl sites for hydroxylation is 1. The van der Waals surface area contributed by atoms with Crippen LogP contribution in [0.1, 0.15) is 67.2 Å². The minimum absolute atomic E-state index is 0. The third kappa shape index (κ3) is 4.07. The number of para-hydroxylation sites is 1. The zero-order valence-corrected chi connectivity index (χ0v) is 17.0. The molecule has 27 heavy (non-hydrogen) atoms. The number of benzene rings is 2. The van der Waals surface area contributed by atoms with Crippen molar-refractivity contribution in [1.82, 2.24) is 4.57 Å². The summed E-state index contributed by atoms with van der Waals surface area (Å²) in [7, 11) is 0. The predicted molar refractivity (Wildman–Crippen MR) is 118 cm³/mol. The van der Waals surface area contributed by atoms with Gasteiger partial charge in [0, 0.05) is 29.1 Å². The Morgan fingerprint density at radius 3 is 2.56 bits per heavy atom. The van der Waals surface area contributed by atoms with Crippen LogP contribution in [0.5, 0.6) is 0 Å². The SMILES string of the molecule is Cc1cccc(C(CCN)c2cn(C3CCCCC3)c3ccccc23)c1.Cl. The highest BCUT2D eigenvalue weighted by atomic mass is 35.5.